The number of halogens is 8. The van der Waals surface area contributed by atoms with E-state index in [2.05, 4.69) is 10.2 Å². The summed E-state index contributed by atoms with van der Waals surface area (Å²) in [6.07, 6.45) is -11.2. The zero-order valence-corrected chi connectivity index (χ0v) is 17.0. The number of hydrogen-bond donors (Lipinski definition) is 2. The normalized spacial score (nSPS) is 13.2. The molecule has 0 saturated carbocycles. The molecule has 0 saturated heterocycles. The quantitative estimate of drug-likeness (QED) is 0.496. The first-order chi connectivity index (χ1) is 16.2. The van der Waals surface area contributed by atoms with Crippen molar-refractivity contribution in [3.63, 3.8) is 0 Å². The Labute approximate surface area is 189 Å². The SMILES string of the molecule is O=C(NC[C@H](O)C(F)(F)F)c1cc(-c2ccc(C(F)(F)F)cc2)nn(-c2cnn(C(F)F)c2)c1=O. The topological polar surface area (TPSA) is 102 Å². The van der Waals surface area contributed by atoms with E-state index in [1.54, 1.807) is 5.32 Å². The van der Waals surface area contributed by atoms with E-state index < -0.39 is 54.1 Å². The van der Waals surface area contributed by atoms with Crippen LogP contribution in [0.5, 0.6) is 0 Å². The van der Waals surface area contributed by atoms with Gasteiger partial charge in [-0.2, -0.15) is 50.0 Å². The third-order valence-electron chi connectivity index (χ3n) is 4.53. The minimum absolute atomic E-state index is 0.0441. The molecule has 0 aliphatic rings. The highest BCUT2D eigenvalue weighted by molar-refractivity contribution is 5.94. The van der Waals surface area contributed by atoms with Crippen LogP contribution in [0, 0.1) is 0 Å². The van der Waals surface area contributed by atoms with Crippen molar-refractivity contribution in [1.82, 2.24) is 24.9 Å². The van der Waals surface area contributed by atoms with Gasteiger partial charge in [0.1, 0.15) is 11.3 Å². The Morgan fingerprint density at radius 3 is 2.23 bits per heavy atom. The maximum Gasteiger partial charge on any atom is 0.416 e. The number of aliphatic hydroxyl groups excluding tert-OH is 1. The second-order valence-corrected chi connectivity index (χ2v) is 6.96. The molecule has 1 amide bonds. The lowest BCUT2D eigenvalue weighted by atomic mass is 10.1. The van der Waals surface area contributed by atoms with Crippen LogP contribution < -0.4 is 10.9 Å². The van der Waals surface area contributed by atoms with Gasteiger partial charge >= 0.3 is 18.9 Å². The molecule has 1 aromatic carbocycles. The monoisotopic (exact) mass is 511 g/mol. The Morgan fingerprint density at radius 1 is 1.09 bits per heavy atom. The lowest BCUT2D eigenvalue weighted by molar-refractivity contribution is -0.201. The van der Waals surface area contributed by atoms with Gasteiger partial charge in [0.15, 0.2) is 6.10 Å². The summed E-state index contributed by atoms with van der Waals surface area (Å²) in [5.74, 6) is -1.39. The minimum atomic E-state index is -5.07. The first-order valence-electron chi connectivity index (χ1n) is 9.36. The fourth-order valence-electron chi connectivity index (χ4n) is 2.75. The predicted molar refractivity (Wildman–Crippen MR) is 102 cm³/mol. The molecule has 35 heavy (non-hydrogen) atoms. The highest BCUT2D eigenvalue weighted by Crippen LogP contribution is 2.30. The fourth-order valence-corrected chi connectivity index (χ4v) is 2.75. The third kappa shape index (κ3) is 5.82. The lowest BCUT2D eigenvalue weighted by Crippen LogP contribution is -2.42. The van der Waals surface area contributed by atoms with Gasteiger partial charge in [-0.3, -0.25) is 9.59 Å². The molecular formula is C19H13F8N5O3. The molecule has 2 heterocycles. The molecule has 2 aromatic heterocycles. The second-order valence-electron chi connectivity index (χ2n) is 6.96. The molecule has 3 aromatic rings. The average molecular weight is 511 g/mol. The first kappa shape index (κ1) is 25.8. The standard InChI is InChI=1S/C19H13F8N5O3/c20-17(21)31-8-11(6-29-31)32-16(35)12(15(34)28-7-14(33)19(25,26)27)5-13(30-32)9-1-3-10(4-2-9)18(22,23)24/h1-6,8,14,17,33H,7H2,(H,28,34)/t14-/m0/s1. The van der Waals surface area contributed by atoms with Crippen LogP contribution in [0.2, 0.25) is 0 Å². The summed E-state index contributed by atoms with van der Waals surface area (Å²) in [6, 6.07) is 4.07. The number of nitrogens with zero attached hydrogens (tertiary/aromatic N) is 4. The zero-order chi connectivity index (χ0) is 26.1. The molecular weight excluding hydrogens is 498 g/mol. The van der Waals surface area contributed by atoms with E-state index in [0.717, 1.165) is 24.4 Å². The van der Waals surface area contributed by atoms with Gasteiger partial charge < -0.3 is 10.4 Å². The van der Waals surface area contributed by atoms with Crippen molar-refractivity contribution >= 4 is 5.91 Å². The first-order valence-corrected chi connectivity index (χ1v) is 9.36. The zero-order valence-electron chi connectivity index (χ0n) is 17.0. The van der Waals surface area contributed by atoms with Crippen LogP contribution in [-0.2, 0) is 6.18 Å². The Balaban J connectivity index is 2.08. The van der Waals surface area contributed by atoms with E-state index in [-0.39, 0.29) is 21.6 Å². The van der Waals surface area contributed by atoms with E-state index in [1.165, 1.54) is 0 Å². The largest absolute Gasteiger partial charge is 0.416 e. The van der Waals surface area contributed by atoms with Crippen molar-refractivity contribution in [2.24, 2.45) is 0 Å². The van der Waals surface area contributed by atoms with Gasteiger partial charge in [0.2, 0.25) is 0 Å². The number of benzene rings is 1. The summed E-state index contributed by atoms with van der Waals surface area (Å²) in [5.41, 5.74) is -3.80. The third-order valence-corrected chi connectivity index (χ3v) is 4.53. The van der Waals surface area contributed by atoms with E-state index >= 15 is 0 Å². The number of aliphatic hydroxyl groups is 1. The van der Waals surface area contributed by atoms with Crippen LogP contribution in [0.1, 0.15) is 22.5 Å². The molecule has 0 fully saturated rings. The highest BCUT2D eigenvalue weighted by Gasteiger charge is 2.38. The van der Waals surface area contributed by atoms with Crippen molar-refractivity contribution in [1.29, 1.82) is 0 Å². The van der Waals surface area contributed by atoms with E-state index in [1.807, 2.05) is 0 Å². The van der Waals surface area contributed by atoms with Crippen LogP contribution in [0.25, 0.3) is 16.9 Å². The Kier molecular flexibility index (Phi) is 6.96. The van der Waals surface area contributed by atoms with Gasteiger partial charge in [0, 0.05) is 5.56 Å². The number of aromatic nitrogens is 4. The average Bonchev–Trinajstić information content (AvgIpc) is 3.26. The molecule has 0 aliphatic carbocycles. The van der Waals surface area contributed by atoms with Gasteiger partial charge in [0.25, 0.3) is 11.5 Å². The summed E-state index contributed by atoms with van der Waals surface area (Å²) in [6.45, 7) is -4.42. The van der Waals surface area contributed by atoms with E-state index in [9.17, 15) is 44.7 Å². The van der Waals surface area contributed by atoms with Crippen LogP contribution in [0.15, 0.2) is 47.5 Å². The molecule has 3 rings (SSSR count). The number of amides is 1. The Hall–Kier alpha value is -3.82. The van der Waals surface area contributed by atoms with Crippen molar-refractivity contribution < 1.29 is 45.0 Å². The maximum atomic E-state index is 12.9. The molecule has 1 atom stereocenters. The summed E-state index contributed by atoms with van der Waals surface area (Å²) < 4.78 is 102. The van der Waals surface area contributed by atoms with Crippen molar-refractivity contribution in [3.8, 4) is 16.9 Å². The molecule has 0 unspecified atom stereocenters. The van der Waals surface area contributed by atoms with Gasteiger partial charge in [-0.1, -0.05) is 12.1 Å². The molecule has 8 nitrogen and oxygen atoms in total. The van der Waals surface area contributed by atoms with Gasteiger partial charge in [-0.15, -0.1) is 0 Å². The van der Waals surface area contributed by atoms with Crippen LogP contribution in [-0.4, -0.2) is 49.4 Å². The maximum absolute atomic E-state index is 12.9. The highest BCUT2D eigenvalue weighted by atomic mass is 19.4. The Morgan fingerprint density at radius 2 is 1.71 bits per heavy atom. The molecule has 16 heteroatoms. The number of rotatable bonds is 6. The summed E-state index contributed by atoms with van der Waals surface area (Å²) in [4.78, 5) is 25.2. The summed E-state index contributed by atoms with van der Waals surface area (Å²) in [7, 11) is 0. The molecule has 2 N–H and O–H groups in total. The van der Waals surface area contributed by atoms with Gasteiger partial charge in [-0.25, -0.2) is 4.68 Å². The van der Waals surface area contributed by atoms with E-state index in [4.69, 9.17) is 5.11 Å². The number of hydrogen-bond acceptors (Lipinski definition) is 5. The molecule has 0 aliphatic heterocycles. The number of nitrogens with one attached hydrogen (secondary N) is 1. The predicted octanol–water partition coefficient (Wildman–Crippen LogP) is 3.16. The fraction of sp³-hybridized carbons (Fsp3) is 0.263. The molecule has 188 valence electrons. The van der Waals surface area contributed by atoms with Crippen molar-refractivity contribution in [3.05, 3.63) is 64.2 Å². The molecule has 0 radical (unpaired) electrons. The van der Waals surface area contributed by atoms with Crippen molar-refractivity contribution in [2.75, 3.05) is 6.54 Å². The van der Waals surface area contributed by atoms with Crippen molar-refractivity contribution in [2.45, 2.75) is 25.0 Å². The molecule has 0 bridgehead atoms. The number of carbonyl (C=O) groups excluding carboxylic acids is 1. The molecule has 0 spiro atoms. The van der Waals surface area contributed by atoms with E-state index in [0.29, 0.717) is 23.0 Å². The van der Waals surface area contributed by atoms with Gasteiger partial charge in [0.05, 0.1) is 30.2 Å². The summed E-state index contributed by atoms with van der Waals surface area (Å²) >= 11 is 0. The van der Waals surface area contributed by atoms with Crippen LogP contribution >= 0.6 is 0 Å². The number of carbonyl (C=O) groups is 1. The summed E-state index contributed by atoms with van der Waals surface area (Å²) in [5, 5.41) is 18.0. The Bertz CT molecular complexity index is 1270. The second kappa shape index (κ2) is 9.44. The minimum Gasteiger partial charge on any atom is -0.382 e. The smallest absolute Gasteiger partial charge is 0.382 e. The van der Waals surface area contributed by atoms with Crippen LogP contribution in [0.3, 0.4) is 0 Å². The van der Waals surface area contributed by atoms with Gasteiger partial charge in [-0.05, 0) is 18.2 Å². The number of alkyl halides is 8. The van der Waals surface area contributed by atoms with Crippen LogP contribution in [0.4, 0.5) is 35.1 Å². The lowest BCUT2D eigenvalue weighted by Gasteiger charge is -2.15.